The largest absolute Gasteiger partial charge is 0.493 e. The monoisotopic (exact) mass is 516 g/mol. The standard InChI is InChI=1S/C22H20Cl4N2O4/c1-2-20-27-22(28-32-20)14-4-6-15(7-5-14)29-9-3-10-31-21-17(23)12-16(13-18(21)24)30-11-8-19(25)26/h4-8,12-13H,2-3,9-11H2,1H3. The number of aromatic nitrogens is 2. The lowest BCUT2D eigenvalue weighted by molar-refractivity contribution is 0.247. The summed E-state index contributed by atoms with van der Waals surface area (Å²) in [6.45, 7) is 3.00. The van der Waals surface area contributed by atoms with Crippen LogP contribution in [0.5, 0.6) is 17.2 Å². The molecule has 0 fully saturated rings. The Kier molecular flexibility index (Phi) is 9.36. The molecule has 0 aliphatic rings. The number of hydrogen-bond acceptors (Lipinski definition) is 6. The second kappa shape index (κ2) is 12.2. The Balaban J connectivity index is 1.43. The predicted octanol–water partition coefficient (Wildman–Crippen LogP) is 7.15. The van der Waals surface area contributed by atoms with Crippen molar-refractivity contribution in [2.75, 3.05) is 19.8 Å². The highest BCUT2D eigenvalue weighted by molar-refractivity contribution is 6.55. The zero-order valence-corrected chi connectivity index (χ0v) is 20.1. The molecule has 0 aliphatic heterocycles. The Morgan fingerprint density at radius 2 is 1.66 bits per heavy atom. The molecule has 0 aliphatic carbocycles. The van der Waals surface area contributed by atoms with Crippen molar-refractivity contribution in [1.29, 1.82) is 0 Å². The van der Waals surface area contributed by atoms with E-state index in [1.165, 1.54) is 6.08 Å². The number of hydrogen-bond donors (Lipinski definition) is 0. The lowest BCUT2D eigenvalue weighted by Crippen LogP contribution is -2.05. The molecule has 0 radical (unpaired) electrons. The Morgan fingerprint density at radius 3 is 2.28 bits per heavy atom. The average Bonchev–Trinajstić information content (AvgIpc) is 3.25. The minimum absolute atomic E-state index is 0.123. The first-order valence-electron chi connectivity index (χ1n) is 9.78. The van der Waals surface area contributed by atoms with Crippen LogP contribution in [0.15, 0.2) is 51.5 Å². The Morgan fingerprint density at radius 1 is 0.969 bits per heavy atom. The maximum atomic E-state index is 6.26. The first-order valence-corrected chi connectivity index (χ1v) is 11.3. The van der Waals surface area contributed by atoms with Gasteiger partial charge in [0.2, 0.25) is 11.7 Å². The first kappa shape index (κ1) is 24.5. The zero-order chi connectivity index (χ0) is 22.9. The van der Waals surface area contributed by atoms with Gasteiger partial charge in [0.25, 0.3) is 0 Å². The van der Waals surface area contributed by atoms with Crippen LogP contribution in [0.4, 0.5) is 0 Å². The summed E-state index contributed by atoms with van der Waals surface area (Å²) >= 11 is 23.6. The summed E-state index contributed by atoms with van der Waals surface area (Å²) in [4.78, 5) is 4.31. The Labute approximate surface area is 206 Å². The molecule has 3 aromatic rings. The number of rotatable bonds is 11. The molecular weight excluding hydrogens is 498 g/mol. The lowest BCUT2D eigenvalue weighted by Gasteiger charge is -2.12. The first-order chi connectivity index (χ1) is 15.5. The molecular formula is C22H20Cl4N2O4. The van der Waals surface area contributed by atoms with Gasteiger partial charge >= 0.3 is 0 Å². The van der Waals surface area contributed by atoms with Crippen LogP contribution in [-0.4, -0.2) is 30.0 Å². The van der Waals surface area contributed by atoms with E-state index >= 15 is 0 Å². The molecule has 0 amide bonds. The molecule has 32 heavy (non-hydrogen) atoms. The third-order valence-electron chi connectivity index (χ3n) is 4.15. The number of aryl methyl sites for hydroxylation is 1. The van der Waals surface area contributed by atoms with E-state index in [-0.39, 0.29) is 11.1 Å². The molecule has 0 saturated carbocycles. The lowest BCUT2D eigenvalue weighted by atomic mass is 10.2. The van der Waals surface area contributed by atoms with E-state index in [1.807, 2.05) is 31.2 Å². The van der Waals surface area contributed by atoms with Crippen molar-refractivity contribution in [1.82, 2.24) is 10.1 Å². The van der Waals surface area contributed by atoms with Gasteiger partial charge in [-0.3, -0.25) is 0 Å². The van der Waals surface area contributed by atoms with E-state index in [1.54, 1.807) is 12.1 Å². The molecule has 0 atom stereocenters. The van der Waals surface area contributed by atoms with Crippen molar-refractivity contribution < 1.29 is 18.7 Å². The summed E-state index contributed by atoms with van der Waals surface area (Å²) in [5.74, 6) is 2.78. The van der Waals surface area contributed by atoms with E-state index in [9.17, 15) is 0 Å². The van der Waals surface area contributed by atoms with Crippen LogP contribution in [0.2, 0.25) is 10.0 Å². The van der Waals surface area contributed by atoms with Crippen molar-refractivity contribution in [3.8, 4) is 28.6 Å². The van der Waals surface area contributed by atoms with Crippen molar-refractivity contribution in [2.24, 2.45) is 0 Å². The quantitative estimate of drug-likeness (QED) is 0.251. The molecule has 0 unspecified atom stereocenters. The molecule has 3 rings (SSSR count). The highest BCUT2D eigenvalue weighted by Gasteiger charge is 2.11. The molecule has 1 aromatic heterocycles. The molecule has 0 spiro atoms. The molecule has 10 heteroatoms. The van der Waals surface area contributed by atoms with Gasteiger partial charge in [-0.25, -0.2) is 0 Å². The summed E-state index contributed by atoms with van der Waals surface area (Å²) in [6.07, 6.45) is 2.85. The number of benzene rings is 2. The van der Waals surface area contributed by atoms with Crippen LogP contribution < -0.4 is 14.2 Å². The number of nitrogens with zero attached hydrogens (tertiary/aromatic N) is 2. The summed E-state index contributed by atoms with van der Waals surface area (Å²) in [7, 11) is 0. The molecule has 0 bridgehead atoms. The third-order valence-corrected chi connectivity index (χ3v) is 5.02. The number of ether oxygens (including phenoxy) is 3. The van der Waals surface area contributed by atoms with Gasteiger partial charge in [0.05, 0.1) is 23.3 Å². The van der Waals surface area contributed by atoms with Crippen molar-refractivity contribution in [3.63, 3.8) is 0 Å². The van der Waals surface area contributed by atoms with E-state index in [0.29, 0.717) is 59.3 Å². The normalized spacial score (nSPS) is 10.7. The van der Waals surface area contributed by atoms with Crippen molar-refractivity contribution in [2.45, 2.75) is 19.8 Å². The minimum atomic E-state index is 0.123. The van der Waals surface area contributed by atoms with Gasteiger partial charge < -0.3 is 18.7 Å². The zero-order valence-electron chi connectivity index (χ0n) is 17.1. The van der Waals surface area contributed by atoms with Crippen LogP contribution in [0.1, 0.15) is 19.2 Å². The van der Waals surface area contributed by atoms with Gasteiger partial charge in [0.1, 0.15) is 22.6 Å². The van der Waals surface area contributed by atoms with Gasteiger partial charge in [-0.15, -0.1) is 0 Å². The molecule has 0 N–H and O–H groups in total. The minimum Gasteiger partial charge on any atom is -0.493 e. The SMILES string of the molecule is CCc1nc(-c2ccc(OCCCOc3c(Cl)cc(OCC=C(Cl)Cl)cc3Cl)cc2)no1. The molecule has 2 aromatic carbocycles. The Hall–Kier alpha value is -2.12. The third kappa shape index (κ3) is 7.20. The summed E-state index contributed by atoms with van der Waals surface area (Å²) in [6, 6.07) is 10.7. The highest BCUT2D eigenvalue weighted by atomic mass is 35.5. The smallest absolute Gasteiger partial charge is 0.226 e. The maximum absolute atomic E-state index is 6.26. The highest BCUT2D eigenvalue weighted by Crippen LogP contribution is 2.37. The van der Waals surface area contributed by atoms with Gasteiger partial charge in [-0.1, -0.05) is 58.5 Å². The molecule has 1 heterocycles. The van der Waals surface area contributed by atoms with Gasteiger partial charge in [0, 0.05) is 30.5 Å². The van der Waals surface area contributed by atoms with Crippen LogP contribution in [0.3, 0.4) is 0 Å². The van der Waals surface area contributed by atoms with Gasteiger partial charge in [-0.05, 0) is 30.3 Å². The van der Waals surface area contributed by atoms with E-state index < -0.39 is 0 Å². The van der Waals surface area contributed by atoms with E-state index in [2.05, 4.69) is 10.1 Å². The van der Waals surface area contributed by atoms with Gasteiger partial charge in [-0.2, -0.15) is 4.98 Å². The molecule has 170 valence electrons. The van der Waals surface area contributed by atoms with Crippen LogP contribution in [0, 0.1) is 0 Å². The summed E-state index contributed by atoms with van der Waals surface area (Å²) < 4.78 is 22.2. The summed E-state index contributed by atoms with van der Waals surface area (Å²) in [5.41, 5.74) is 0.864. The fourth-order valence-electron chi connectivity index (χ4n) is 2.60. The van der Waals surface area contributed by atoms with E-state index in [0.717, 1.165) is 11.3 Å². The van der Waals surface area contributed by atoms with Crippen LogP contribution in [0.25, 0.3) is 11.4 Å². The fourth-order valence-corrected chi connectivity index (χ4v) is 3.30. The topological polar surface area (TPSA) is 66.6 Å². The Bertz CT molecular complexity index is 1030. The molecule has 0 saturated heterocycles. The number of halogens is 4. The average molecular weight is 518 g/mol. The van der Waals surface area contributed by atoms with Crippen LogP contribution in [-0.2, 0) is 6.42 Å². The summed E-state index contributed by atoms with van der Waals surface area (Å²) in [5, 5.41) is 4.65. The van der Waals surface area contributed by atoms with Crippen molar-refractivity contribution in [3.05, 3.63) is 62.9 Å². The van der Waals surface area contributed by atoms with Crippen molar-refractivity contribution >= 4 is 46.4 Å². The second-order valence-electron chi connectivity index (χ2n) is 6.46. The second-order valence-corrected chi connectivity index (χ2v) is 8.28. The maximum Gasteiger partial charge on any atom is 0.226 e. The van der Waals surface area contributed by atoms with Gasteiger partial charge in [0.15, 0.2) is 5.75 Å². The predicted molar refractivity (Wildman–Crippen MR) is 126 cm³/mol. The molecule has 6 nitrogen and oxygen atoms in total. The van der Waals surface area contributed by atoms with Crippen LogP contribution >= 0.6 is 46.4 Å². The fraction of sp³-hybridized carbons (Fsp3) is 0.273. The van der Waals surface area contributed by atoms with E-state index in [4.69, 9.17) is 65.1 Å².